The Morgan fingerprint density at radius 2 is 2.21 bits per heavy atom. The second-order valence-corrected chi connectivity index (χ2v) is 4.51. The molecule has 2 rings (SSSR count). The predicted molar refractivity (Wildman–Crippen MR) is 54.8 cm³/mol. The molecule has 1 aliphatic rings. The third-order valence-corrected chi connectivity index (χ3v) is 3.16. The summed E-state index contributed by atoms with van der Waals surface area (Å²) in [5.41, 5.74) is 1.46. The Bertz CT molecular complexity index is 263. The zero-order valence-corrected chi connectivity index (χ0v) is 8.75. The van der Waals surface area contributed by atoms with Crippen LogP contribution in [0.15, 0.2) is 17.0 Å². The second-order valence-electron chi connectivity index (χ2n) is 4.51. The zero-order valence-electron chi connectivity index (χ0n) is 8.75. The third-order valence-electron chi connectivity index (χ3n) is 3.16. The lowest BCUT2D eigenvalue weighted by atomic mass is 9.83. The van der Waals surface area contributed by atoms with Gasteiger partial charge in [-0.2, -0.15) is 0 Å². The fourth-order valence-corrected chi connectivity index (χ4v) is 2.14. The van der Waals surface area contributed by atoms with E-state index in [1.54, 1.807) is 12.5 Å². The minimum absolute atomic E-state index is 0.329. The number of rotatable bonds is 3. The van der Waals surface area contributed by atoms with E-state index in [-0.39, 0.29) is 0 Å². The van der Waals surface area contributed by atoms with Crippen LogP contribution in [0.4, 0.5) is 0 Å². The van der Waals surface area contributed by atoms with Gasteiger partial charge in [0.1, 0.15) is 6.26 Å². The molecule has 1 aromatic rings. The lowest BCUT2D eigenvalue weighted by Crippen LogP contribution is -2.43. The molecule has 78 valence electrons. The van der Waals surface area contributed by atoms with Crippen LogP contribution in [0, 0.1) is 0 Å². The Morgan fingerprint density at radius 1 is 1.43 bits per heavy atom. The molecular formula is C11H18N2O. The highest BCUT2D eigenvalue weighted by molar-refractivity contribution is 5.01. The van der Waals surface area contributed by atoms with Crippen LogP contribution in [0.5, 0.6) is 0 Å². The molecule has 0 unspecified atom stereocenters. The summed E-state index contributed by atoms with van der Waals surface area (Å²) in [6.07, 6.45) is 10.2. The molecule has 1 heterocycles. The smallest absolute Gasteiger partial charge is 0.128 e. The van der Waals surface area contributed by atoms with Crippen molar-refractivity contribution in [3.63, 3.8) is 0 Å². The molecule has 14 heavy (non-hydrogen) atoms. The van der Waals surface area contributed by atoms with E-state index in [1.165, 1.54) is 32.1 Å². The molecule has 0 aromatic carbocycles. The average Bonchev–Trinajstić information content (AvgIpc) is 2.69. The molecular weight excluding hydrogens is 176 g/mol. The summed E-state index contributed by atoms with van der Waals surface area (Å²) in [4.78, 5) is 0. The molecule has 0 spiro atoms. The van der Waals surface area contributed by atoms with Gasteiger partial charge in [0.2, 0.25) is 0 Å². The van der Waals surface area contributed by atoms with Gasteiger partial charge in [-0.1, -0.05) is 24.4 Å². The quantitative estimate of drug-likeness (QED) is 0.803. The van der Waals surface area contributed by atoms with Crippen molar-refractivity contribution >= 4 is 0 Å². The summed E-state index contributed by atoms with van der Waals surface area (Å²) in [5, 5.41) is 7.29. The van der Waals surface area contributed by atoms with Crippen molar-refractivity contribution in [1.29, 1.82) is 0 Å². The molecule has 1 saturated carbocycles. The number of hydrogen-bond donors (Lipinski definition) is 1. The summed E-state index contributed by atoms with van der Waals surface area (Å²) in [7, 11) is 0. The van der Waals surface area contributed by atoms with Crippen LogP contribution in [0.2, 0.25) is 0 Å². The van der Waals surface area contributed by atoms with E-state index in [4.69, 9.17) is 4.52 Å². The predicted octanol–water partition coefficient (Wildman–Crippen LogP) is 2.49. The van der Waals surface area contributed by atoms with Crippen molar-refractivity contribution in [3.05, 3.63) is 18.0 Å². The number of hydrogen-bond acceptors (Lipinski definition) is 3. The van der Waals surface area contributed by atoms with Crippen LogP contribution >= 0.6 is 0 Å². The van der Waals surface area contributed by atoms with Crippen molar-refractivity contribution in [2.24, 2.45) is 0 Å². The molecule has 1 fully saturated rings. The fraction of sp³-hybridized carbons (Fsp3) is 0.727. The maximum atomic E-state index is 4.80. The van der Waals surface area contributed by atoms with Crippen LogP contribution in [0.3, 0.4) is 0 Å². The van der Waals surface area contributed by atoms with Crippen LogP contribution < -0.4 is 5.32 Å². The average molecular weight is 194 g/mol. The second kappa shape index (κ2) is 4.13. The normalized spacial score (nSPS) is 20.9. The maximum absolute atomic E-state index is 4.80. The monoisotopic (exact) mass is 194 g/mol. The molecule has 0 radical (unpaired) electrons. The first-order valence-electron chi connectivity index (χ1n) is 5.42. The molecule has 3 heteroatoms. The van der Waals surface area contributed by atoms with Crippen molar-refractivity contribution in [3.8, 4) is 0 Å². The molecule has 0 bridgehead atoms. The third kappa shape index (κ3) is 2.35. The molecule has 0 amide bonds. The largest absolute Gasteiger partial charge is 0.364 e. The highest BCUT2D eigenvalue weighted by Gasteiger charge is 2.25. The van der Waals surface area contributed by atoms with Gasteiger partial charge in [0.05, 0.1) is 6.20 Å². The Morgan fingerprint density at radius 3 is 2.86 bits per heavy atom. The maximum Gasteiger partial charge on any atom is 0.128 e. The van der Waals surface area contributed by atoms with E-state index < -0.39 is 0 Å². The summed E-state index contributed by atoms with van der Waals surface area (Å²) in [6.45, 7) is 3.19. The lowest BCUT2D eigenvalue weighted by Gasteiger charge is -2.34. The van der Waals surface area contributed by atoms with Gasteiger partial charge in [-0.15, -0.1) is 0 Å². The first kappa shape index (κ1) is 9.71. The van der Waals surface area contributed by atoms with Gasteiger partial charge in [-0.25, -0.2) is 0 Å². The van der Waals surface area contributed by atoms with Crippen LogP contribution in [0.1, 0.15) is 44.6 Å². The molecule has 0 atom stereocenters. The van der Waals surface area contributed by atoms with Crippen molar-refractivity contribution < 1.29 is 4.52 Å². The molecule has 1 aliphatic carbocycles. The van der Waals surface area contributed by atoms with Gasteiger partial charge >= 0.3 is 0 Å². The van der Waals surface area contributed by atoms with Crippen molar-refractivity contribution in [2.45, 2.75) is 51.1 Å². The van der Waals surface area contributed by atoms with Gasteiger partial charge in [0.25, 0.3) is 0 Å². The first-order valence-corrected chi connectivity index (χ1v) is 5.42. The van der Waals surface area contributed by atoms with E-state index in [9.17, 15) is 0 Å². The Balaban J connectivity index is 1.84. The molecule has 1 N–H and O–H groups in total. The summed E-state index contributed by atoms with van der Waals surface area (Å²) in [6, 6.07) is 0. The molecule has 3 nitrogen and oxygen atoms in total. The molecule has 0 saturated heterocycles. The van der Waals surface area contributed by atoms with E-state index >= 15 is 0 Å². The van der Waals surface area contributed by atoms with E-state index in [0.29, 0.717) is 5.54 Å². The van der Waals surface area contributed by atoms with Gasteiger partial charge in [-0.3, -0.25) is 0 Å². The van der Waals surface area contributed by atoms with E-state index in [1.807, 2.05) is 0 Å². The SMILES string of the molecule is CC1(NCc2cnoc2)CCCCC1. The molecule has 0 aliphatic heterocycles. The topological polar surface area (TPSA) is 38.1 Å². The Labute approximate surface area is 84.9 Å². The van der Waals surface area contributed by atoms with Gasteiger partial charge in [0, 0.05) is 17.6 Å². The Hall–Kier alpha value is -0.830. The number of aromatic nitrogens is 1. The van der Waals surface area contributed by atoms with Crippen LogP contribution in [-0.4, -0.2) is 10.7 Å². The fourth-order valence-electron chi connectivity index (χ4n) is 2.14. The highest BCUT2D eigenvalue weighted by Crippen LogP contribution is 2.27. The zero-order chi connectivity index (χ0) is 9.86. The van der Waals surface area contributed by atoms with E-state index in [0.717, 1.165) is 12.1 Å². The standard InChI is InChI=1S/C11H18N2O/c1-11(5-3-2-4-6-11)12-7-10-8-13-14-9-10/h8-9,12H,2-7H2,1H3. The summed E-state index contributed by atoms with van der Waals surface area (Å²) < 4.78 is 4.80. The van der Waals surface area contributed by atoms with Crippen LogP contribution in [-0.2, 0) is 6.54 Å². The summed E-state index contributed by atoms with van der Waals surface area (Å²) >= 11 is 0. The minimum Gasteiger partial charge on any atom is -0.364 e. The van der Waals surface area contributed by atoms with E-state index in [2.05, 4.69) is 17.4 Å². The number of nitrogens with zero attached hydrogens (tertiary/aromatic N) is 1. The highest BCUT2D eigenvalue weighted by atomic mass is 16.5. The van der Waals surface area contributed by atoms with Crippen molar-refractivity contribution in [1.82, 2.24) is 10.5 Å². The molecule has 1 aromatic heterocycles. The first-order chi connectivity index (χ1) is 6.79. The van der Waals surface area contributed by atoms with Gasteiger partial charge in [-0.05, 0) is 19.8 Å². The van der Waals surface area contributed by atoms with Gasteiger partial charge in [0.15, 0.2) is 0 Å². The number of nitrogens with one attached hydrogen (secondary N) is 1. The lowest BCUT2D eigenvalue weighted by molar-refractivity contribution is 0.252. The van der Waals surface area contributed by atoms with Crippen LogP contribution in [0.25, 0.3) is 0 Å². The van der Waals surface area contributed by atoms with Crippen molar-refractivity contribution in [2.75, 3.05) is 0 Å². The minimum atomic E-state index is 0.329. The van der Waals surface area contributed by atoms with Gasteiger partial charge < -0.3 is 9.84 Å². The summed E-state index contributed by atoms with van der Waals surface area (Å²) in [5.74, 6) is 0. The Kier molecular flexibility index (Phi) is 2.87.